The predicted octanol–water partition coefficient (Wildman–Crippen LogP) is 1.68. The van der Waals surface area contributed by atoms with Gasteiger partial charge < -0.3 is 15.6 Å². The average molecular weight is 322 g/mol. The van der Waals surface area contributed by atoms with Gasteiger partial charge in [0.1, 0.15) is 0 Å². The maximum absolute atomic E-state index is 12.5. The number of carbonyl (C=O) groups excluding carboxylic acids is 1. The van der Waals surface area contributed by atoms with Crippen LogP contribution < -0.4 is 16.2 Å². The molecule has 3 rings (SSSR count). The van der Waals surface area contributed by atoms with Gasteiger partial charge >= 0.3 is 0 Å². The molecule has 118 valence electrons. The van der Waals surface area contributed by atoms with Crippen LogP contribution in [0.15, 0.2) is 35.1 Å². The Labute approximate surface area is 134 Å². The minimum atomic E-state index is -0.256. The van der Waals surface area contributed by atoms with Gasteiger partial charge in [-0.2, -0.15) is 0 Å². The lowest BCUT2D eigenvalue weighted by Gasteiger charge is -2.30. The summed E-state index contributed by atoms with van der Waals surface area (Å²) in [7, 11) is 0. The molecule has 3 N–H and O–H groups in total. The lowest BCUT2D eigenvalue weighted by atomic mass is 9.94. The molecular formula is C16H20ClN3O2. The first-order valence-electron chi connectivity index (χ1n) is 7.29. The minimum Gasteiger partial charge on any atom is -0.348 e. The van der Waals surface area contributed by atoms with Crippen molar-refractivity contribution in [2.45, 2.75) is 19.4 Å². The number of aromatic amines is 1. The summed E-state index contributed by atoms with van der Waals surface area (Å²) in [5.74, 6) is 0.251. The van der Waals surface area contributed by atoms with Crippen LogP contribution in [0.25, 0.3) is 10.9 Å². The molecule has 22 heavy (non-hydrogen) atoms. The van der Waals surface area contributed by atoms with Crippen LogP contribution in [0.1, 0.15) is 23.7 Å². The third-order valence-electron chi connectivity index (χ3n) is 4.14. The first-order chi connectivity index (χ1) is 10.1. The number of amides is 1. The zero-order chi connectivity index (χ0) is 14.8. The number of hydrogen-bond acceptors (Lipinski definition) is 3. The summed E-state index contributed by atoms with van der Waals surface area (Å²) in [5, 5.41) is 7.11. The molecule has 1 saturated heterocycles. The van der Waals surface area contributed by atoms with Crippen LogP contribution in [0.4, 0.5) is 0 Å². The number of carbonyl (C=O) groups is 1. The first kappa shape index (κ1) is 16.5. The number of rotatable bonds is 2. The maximum atomic E-state index is 12.5. The summed E-state index contributed by atoms with van der Waals surface area (Å²) in [5.41, 5.74) is 0.866. The van der Waals surface area contributed by atoms with Crippen LogP contribution >= 0.6 is 12.4 Å². The van der Waals surface area contributed by atoms with Crippen LogP contribution in [0.5, 0.6) is 0 Å². The molecule has 5 nitrogen and oxygen atoms in total. The van der Waals surface area contributed by atoms with Gasteiger partial charge in [-0.15, -0.1) is 12.4 Å². The Hall–Kier alpha value is -1.85. The molecule has 6 heteroatoms. The summed E-state index contributed by atoms with van der Waals surface area (Å²) in [4.78, 5) is 27.0. The van der Waals surface area contributed by atoms with Crippen molar-refractivity contribution in [3.05, 3.63) is 46.2 Å². The molecular weight excluding hydrogens is 302 g/mol. The fraction of sp³-hybridized carbons (Fsp3) is 0.375. The number of H-pyrrole nitrogens is 1. The monoisotopic (exact) mass is 321 g/mol. The number of hydrogen-bond donors (Lipinski definition) is 3. The Kier molecular flexibility index (Phi) is 5.21. The zero-order valence-corrected chi connectivity index (χ0v) is 13.2. The molecule has 2 unspecified atom stereocenters. The van der Waals surface area contributed by atoms with Gasteiger partial charge in [0.2, 0.25) is 5.56 Å². The van der Waals surface area contributed by atoms with Crippen LogP contribution in [0.2, 0.25) is 0 Å². The SMILES string of the molecule is CC1CCNCC1NC(=O)c1cc(=O)[nH]c2ccccc12.Cl. The van der Waals surface area contributed by atoms with Gasteiger partial charge in [-0.1, -0.05) is 25.1 Å². The maximum Gasteiger partial charge on any atom is 0.252 e. The Morgan fingerprint density at radius 1 is 1.32 bits per heavy atom. The number of pyridine rings is 1. The van der Waals surface area contributed by atoms with E-state index >= 15 is 0 Å². The third-order valence-corrected chi connectivity index (χ3v) is 4.14. The lowest BCUT2D eigenvalue weighted by molar-refractivity contribution is 0.0917. The summed E-state index contributed by atoms with van der Waals surface area (Å²) in [6.45, 7) is 3.90. The van der Waals surface area contributed by atoms with Crippen molar-refractivity contribution in [1.82, 2.24) is 15.6 Å². The lowest BCUT2D eigenvalue weighted by Crippen LogP contribution is -2.50. The van der Waals surface area contributed by atoms with E-state index in [0.29, 0.717) is 17.0 Å². The molecule has 2 atom stereocenters. The highest BCUT2D eigenvalue weighted by molar-refractivity contribution is 6.06. The summed E-state index contributed by atoms with van der Waals surface area (Å²) in [6, 6.07) is 8.83. The standard InChI is InChI=1S/C16H19N3O2.ClH/c1-10-6-7-17-9-14(10)19-16(21)12-8-15(20)18-13-5-3-2-4-11(12)13;/h2-5,8,10,14,17H,6-7,9H2,1H3,(H,18,20)(H,19,21);1H. The van der Waals surface area contributed by atoms with E-state index in [9.17, 15) is 9.59 Å². The summed E-state index contributed by atoms with van der Waals surface area (Å²) < 4.78 is 0. The molecule has 0 saturated carbocycles. The molecule has 1 aromatic heterocycles. The number of piperidine rings is 1. The number of fused-ring (bicyclic) bond motifs is 1. The minimum absolute atomic E-state index is 0. The predicted molar refractivity (Wildman–Crippen MR) is 89.7 cm³/mol. The zero-order valence-electron chi connectivity index (χ0n) is 12.4. The van der Waals surface area contributed by atoms with Gasteiger partial charge in [-0.25, -0.2) is 0 Å². The van der Waals surface area contributed by atoms with Gasteiger partial charge in [0.05, 0.1) is 5.56 Å². The first-order valence-corrected chi connectivity index (χ1v) is 7.29. The smallest absolute Gasteiger partial charge is 0.252 e. The topological polar surface area (TPSA) is 74.0 Å². The second-order valence-corrected chi connectivity index (χ2v) is 5.64. The number of benzene rings is 1. The Bertz CT molecular complexity index is 729. The number of halogens is 1. The molecule has 1 aliphatic rings. The molecule has 2 aromatic rings. The van der Waals surface area contributed by atoms with Crippen molar-refractivity contribution >= 4 is 29.2 Å². The second kappa shape index (κ2) is 6.94. The summed E-state index contributed by atoms with van der Waals surface area (Å²) >= 11 is 0. The van der Waals surface area contributed by atoms with E-state index in [2.05, 4.69) is 22.5 Å². The van der Waals surface area contributed by atoms with E-state index in [1.54, 1.807) is 6.07 Å². The van der Waals surface area contributed by atoms with Crippen LogP contribution in [0, 0.1) is 5.92 Å². The van der Waals surface area contributed by atoms with Gasteiger partial charge in [0.15, 0.2) is 0 Å². The van der Waals surface area contributed by atoms with E-state index in [-0.39, 0.29) is 29.9 Å². The Morgan fingerprint density at radius 3 is 2.86 bits per heavy atom. The molecule has 0 aliphatic carbocycles. The van der Waals surface area contributed by atoms with Crippen molar-refractivity contribution in [1.29, 1.82) is 0 Å². The molecule has 2 heterocycles. The quantitative estimate of drug-likeness (QED) is 0.788. The number of nitrogens with one attached hydrogen (secondary N) is 3. The van der Waals surface area contributed by atoms with E-state index in [4.69, 9.17) is 0 Å². The highest BCUT2D eigenvalue weighted by Gasteiger charge is 2.23. The third kappa shape index (κ3) is 3.31. The molecule has 1 amide bonds. The number of para-hydroxylation sites is 1. The molecule has 0 bridgehead atoms. The molecule has 1 aromatic carbocycles. The highest BCUT2D eigenvalue weighted by Crippen LogP contribution is 2.16. The molecule has 1 fully saturated rings. The van der Waals surface area contributed by atoms with Crippen molar-refractivity contribution in [2.75, 3.05) is 13.1 Å². The van der Waals surface area contributed by atoms with Crippen LogP contribution in [-0.4, -0.2) is 30.0 Å². The number of aromatic nitrogens is 1. The fourth-order valence-corrected chi connectivity index (χ4v) is 2.82. The largest absolute Gasteiger partial charge is 0.348 e. The second-order valence-electron chi connectivity index (χ2n) is 5.64. The Morgan fingerprint density at radius 2 is 2.09 bits per heavy atom. The van der Waals surface area contributed by atoms with Gasteiger partial charge in [-0.05, 0) is 24.9 Å². The Balaban J connectivity index is 0.00000176. The van der Waals surface area contributed by atoms with E-state index in [1.807, 2.05) is 18.2 Å². The molecule has 0 spiro atoms. The highest BCUT2D eigenvalue weighted by atomic mass is 35.5. The van der Waals surface area contributed by atoms with Crippen LogP contribution in [-0.2, 0) is 0 Å². The van der Waals surface area contributed by atoms with Gasteiger partial charge in [-0.3, -0.25) is 9.59 Å². The molecule has 1 aliphatic heterocycles. The normalized spacial score (nSPS) is 21.1. The molecule has 0 radical (unpaired) electrons. The van der Waals surface area contributed by atoms with E-state index < -0.39 is 0 Å². The van der Waals surface area contributed by atoms with E-state index in [1.165, 1.54) is 6.07 Å². The van der Waals surface area contributed by atoms with Crippen molar-refractivity contribution < 1.29 is 4.79 Å². The van der Waals surface area contributed by atoms with Crippen molar-refractivity contribution in [2.24, 2.45) is 5.92 Å². The van der Waals surface area contributed by atoms with E-state index in [0.717, 1.165) is 24.9 Å². The van der Waals surface area contributed by atoms with Gasteiger partial charge in [0.25, 0.3) is 5.91 Å². The summed E-state index contributed by atoms with van der Waals surface area (Å²) in [6.07, 6.45) is 1.04. The van der Waals surface area contributed by atoms with Crippen molar-refractivity contribution in [3.8, 4) is 0 Å². The van der Waals surface area contributed by atoms with Crippen LogP contribution in [0.3, 0.4) is 0 Å². The fourth-order valence-electron chi connectivity index (χ4n) is 2.82. The van der Waals surface area contributed by atoms with Crippen molar-refractivity contribution in [3.63, 3.8) is 0 Å². The van der Waals surface area contributed by atoms with Gasteiger partial charge in [0, 0.05) is 29.6 Å². The average Bonchev–Trinajstić information content (AvgIpc) is 2.48.